The first kappa shape index (κ1) is 28.7. The van der Waals surface area contributed by atoms with Crippen molar-refractivity contribution in [2.75, 3.05) is 39.5 Å². The fourth-order valence-electron chi connectivity index (χ4n) is 4.68. The number of imidazole rings is 1. The van der Waals surface area contributed by atoms with Gasteiger partial charge in [0.2, 0.25) is 5.88 Å². The number of aliphatic hydroxyl groups is 1. The molecule has 0 spiro atoms. The Kier molecular flexibility index (Phi) is 8.99. The van der Waals surface area contributed by atoms with E-state index in [9.17, 15) is 9.90 Å². The summed E-state index contributed by atoms with van der Waals surface area (Å²) in [5.41, 5.74) is 3.04. The Morgan fingerprint density at radius 1 is 1.15 bits per heavy atom. The lowest BCUT2D eigenvalue weighted by Gasteiger charge is -2.28. The second-order valence-electron chi connectivity index (χ2n) is 10.7. The van der Waals surface area contributed by atoms with Crippen molar-refractivity contribution in [3.05, 3.63) is 76.7 Å². The van der Waals surface area contributed by atoms with Crippen molar-refractivity contribution >= 4 is 29.2 Å². The summed E-state index contributed by atoms with van der Waals surface area (Å²) in [4.78, 5) is 24.8. The van der Waals surface area contributed by atoms with Gasteiger partial charge in [-0.25, -0.2) is 4.98 Å². The van der Waals surface area contributed by atoms with Crippen LogP contribution in [0.4, 0.5) is 0 Å². The first-order valence-corrected chi connectivity index (χ1v) is 14.0. The number of hydrogen-bond acceptors (Lipinski definition) is 8. The first-order valence-electron chi connectivity index (χ1n) is 13.6. The van der Waals surface area contributed by atoms with Crippen LogP contribution in [0.25, 0.3) is 11.0 Å². The van der Waals surface area contributed by atoms with Gasteiger partial charge >= 0.3 is 0 Å². The Labute approximate surface area is 243 Å². The molecule has 10 nitrogen and oxygen atoms in total. The number of carbonyl (C=O) groups excluding carboxylic acids is 1. The van der Waals surface area contributed by atoms with E-state index in [0.717, 1.165) is 23.0 Å². The van der Waals surface area contributed by atoms with E-state index in [-0.39, 0.29) is 18.1 Å². The first-order chi connectivity index (χ1) is 19.8. The average molecular weight is 578 g/mol. The molecule has 2 aromatic heterocycles. The maximum absolute atomic E-state index is 12.6. The lowest BCUT2D eigenvalue weighted by atomic mass is 9.94. The number of H-pyrrole nitrogens is 2. The van der Waals surface area contributed by atoms with E-state index < -0.39 is 6.10 Å². The van der Waals surface area contributed by atoms with Crippen molar-refractivity contribution in [3.63, 3.8) is 0 Å². The van der Waals surface area contributed by atoms with Gasteiger partial charge in [-0.1, -0.05) is 18.2 Å². The molecular weight excluding hydrogens is 542 g/mol. The zero-order valence-corrected chi connectivity index (χ0v) is 24.0. The van der Waals surface area contributed by atoms with Gasteiger partial charge in [0, 0.05) is 37.4 Å². The molecule has 0 saturated carbocycles. The third-order valence-electron chi connectivity index (χ3n) is 6.83. The lowest BCUT2D eigenvalue weighted by Crippen LogP contribution is -2.46. The normalized spacial score (nSPS) is 14.7. The van der Waals surface area contributed by atoms with E-state index in [4.69, 9.17) is 26.4 Å². The molecule has 4 aromatic rings. The SMILES string of the molecule is CC(C)(Cc1ccc(Oc2ccc(C(=O)N3CCOCC3)cn2)cc1)NC[C@@H](O)COc1cccc2[nH]c(=S)[nH]c12. The molecular formula is C30H35N5O5S. The third kappa shape index (κ3) is 7.70. The number of para-hydroxylation sites is 1. The monoisotopic (exact) mass is 577 g/mol. The summed E-state index contributed by atoms with van der Waals surface area (Å²) in [5, 5.41) is 14.0. The van der Waals surface area contributed by atoms with Crippen molar-refractivity contribution in [3.8, 4) is 17.4 Å². The molecule has 0 radical (unpaired) electrons. The standard InChI is InChI=1S/C30H35N5O5S/c1-30(2,32-18-22(36)19-39-25-5-3-4-24-27(25)34-29(41)33-24)16-20-6-9-23(10-7-20)40-26-11-8-21(17-31-26)28(37)35-12-14-38-15-13-35/h3-11,17,22,32,36H,12-16,18-19H2,1-2H3,(H2,33,34,41)/t22-/m1/s1. The number of benzene rings is 2. The summed E-state index contributed by atoms with van der Waals surface area (Å²) in [5.74, 6) is 1.67. The van der Waals surface area contributed by atoms with Crippen LogP contribution in [0, 0.1) is 4.77 Å². The van der Waals surface area contributed by atoms with Crippen LogP contribution in [-0.2, 0) is 11.2 Å². The molecule has 2 aromatic carbocycles. The summed E-state index contributed by atoms with van der Waals surface area (Å²) < 4.78 is 17.6. The molecule has 216 valence electrons. The average Bonchev–Trinajstić information content (AvgIpc) is 3.37. The van der Waals surface area contributed by atoms with E-state index >= 15 is 0 Å². The maximum Gasteiger partial charge on any atom is 0.255 e. The highest BCUT2D eigenvalue weighted by Crippen LogP contribution is 2.24. The van der Waals surface area contributed by atoms with Crippen LogP contribution in [0.5, 0.6) is 17.4 Å². The van der Waals surface area contributed by atoms with Crippen LogP contribution in [-0.4, -0.2) is 82.0 Å². The summed E-state index contributed by atoms with van der Waals surface area (Å²) in [7, 11) is 0. The number of hydrogen-bond donors (Lipinski definition) is 4. The second-order valence-corrected chi connectivity index (χ2v) is 11.1. The predicted molar refractivity (Wildman–Crippen MR) is 158 cm³/mol. The number of pyridine rings is 1. The largest absolute Gasteiger partial charge is 0.489 e. The highest BCUT2D eigenvalue weighted by molar-refractivity contribution is 7.71. The minimum absolute atomic E-state index is 0.0488. The highest BCUT2D eigenvalue weighted by atomic mass is 32.1. The Hall–Kier alpha value is -3.77. The topological polar surface area (TPSA) is 125 Å². The summed E-state index contributed by atoms with van der Waals surface area (Å²) in [6.07, 6.45) is 1.60. The van der Waals surface area contributed by atoms with Crippen LogP contribution in [0.1, 0.15) is 29.8 Å². The van der Waals surface area contributed by atoms with Crippen LogP contribution in [0.2, 0.25) is 0 Å². The van der Waals surface area contributed by atoms with Gasteiger partial charge in [0.1, 0.15) is 29.7 Å². The van der Waals surface area contributed by atoms with Crippen LogP contribution in [0.3, 0.4) is 0 Å². The number of amides is 1. The van der Waals surface area contributed by atoms with Crippen molar-refractivity contribution in [2.45, 2.75) is 31.9 Å². The molecule has 1 aliphatic heterocycles. The molecule has 3 heterocycles. The van der Waals surface area contributed by atoms with Gasteiger partial charge in [-0.2, -0.15) is 0 Å². The number of aromatic nitrogens is 3. The summed E-state index contributed by atoms with van der Waals surface area (Å²) in [6.45, 7) is 7.01. The van der Waals surface area contributed by atoms with Gasteiger partial charge in [-0.3, -0.25) is 4.79 Å². The number of nitrogens with zero attached hydrogens (tertiary/aromatic N) is 2. The fourth-order valence-corrected chi connectivity index (χ4v) is 4.89. The number of ether oxygens (including phenoxy) is 3. The molecule has 5 rings (SSSR count). The molecule has 0 unspecified atom stereocenters. The lowest BCUT2D eigenvalue weighted by molar-refractivity contribution is 0.0302. The van der Waals surface area contributed by atoms with Gasteiger partial charge in [-0.05, 0) is 68.4 Å². The maximum atomic E-state index is 12.6. The minimum atomic E-state index is -0.690. The van der Waals surface area contributed by atoms with Gasteiger partial charge in [0.05, 0.1) is 24.3 Å². The molecule has 1 aliphatic rings. The van der Waals surface area contributed by atoms with E-state index in [0.29, 0.717) is 60.6 Å². The zero-order valence-electron chi connectivity index (χ0n) is 23.2. The van der Waals surface area contributed by atoms with Crippen LogP contribution >= 0.6 is 12.2 Å². The third-order valence-corrected chi connectivity index (χ3v) is 7.04. The Morgan fingerprint density at radius 2 is 1.93 bits per heavy atom. The number of aromatic amines is 2. The Bertz CT molecular complexity index is 1510. The van der Waals surface area contributed by atoms with E-state index in [2.05, 4.69) is 34.1 Å². The van der Waals surface area contributed by atoms with Crippen molar-refractivity contribution < 1.29 is 24.1 Å². The molecule has 11 heteroatoms. The molecule has 4 N–H and O–H groups in total. The van der Waals surface area contributed by atoms with Crippen LogP contribution < -0.4 is 14.8 Å². The summed E-state index contributed by atoms with van der Waals surface area (Å²) in [6, 6.07) is 16.9. The highest BCUT2D eigenvalue weighted by Gasteiger charge is 2.21. The number of fused-ring (bicyclic) bond motifs is 1. The molecule has 41 heavy (non-hydrogen) atoms. The Balaban J connectivity index is 1.08. The van der Waals surface area contributed by atoms with Crippen molar-refractivity contribution in [1.82, 2.24) is 25.2 Å². The minimum Gasteiger partial charge on any atom is -0.489 e. The van der Waals surface area contributed by atoms with E-state index in [1.165, 1.54) is 0 Å². The number of β-amino-alcohol motifs (C(OH)–C–C–N with tert-alkyl or cyclic N) is 1. The number of carbonyl (C=O) groups is 1. The predicted octanol–water partition coefficient (Wildman–Crippen LogP) is 4.24. The Morgan fingerprint density at radius 3 is 2.66 bits per heavy atom. The molecule has 1 atom stereocenters. The van der Waals surface area contributed by atoms with Gasteiger partial charge in [0.25, 0.3) is 5.91 Å². The molecule has 1 fully saturated rings. The van der Waals surface area contributed by atoms with Gasteiger partial charge in [-0.15, -0.1) is 0 Å². The number of aliphatic hydroxyl groups excluding tert-OH is 1. The number of morpholine rings is 1. The molecule has 1 saturated heterocycles. The smallest absolute Gasteiger partial charge is 0.255 e. The summed E-state index contributed by atoms with van der Waals surface area (Å²) >= 11 is 5.16. The zero-order chi connectivity index (χ0) is 28.8. The van der Waals surface area contributed by atoms with Crippen molar-refractivity contribution in [1.29, 1.82) is 0 Å². The fraction of sp³-hybridized carbons (Fsp3) is 0.367. The van der Waals surface area contributed by atoms with E-state index in [1.807, 2.05) is 42.5 Å². The number of nitrogens with one attached hydrogen (secondary N) is 3. The molecule has 1 amide bonds. The van der Waals surface area contributed by atoms with Gasteiger partial charge in [0.15, 0.2) is 4.77 Å². The van der Waals surface area contributed by atoms with Crippen molar-refractivity contribution in [2.24, 2.45) is 0 Å². The molecule has 0 bridgehead atoms. The second kappa shape index (κ2) is 12.8. The quantitative estimate of drug-likeness (QED) is 0.195. The van der Waals surface area contributed by atoms with Crippen LogP contribution in [0.15, 0.2) is 60.8 Å². The molecule has 0 aliphatic carbocycles. The van der Waals surface area contributed by atoms with E-state index in [1.54, 1.807) is 23.2 Å². The van der Waals surface area contributed by atoms with Gasteiger partial charge < -0.3 is 39.5 Å². The number of rotatable bonds is 11.